The highest BCUT2D eigenvalue weighted by atomic mass is 35.5. The van der Waals surface area contributed by atoms with Crippen molar-refractivity contribution in [2.24, 2.45) is 5.92 Å². The zero-order chi connectivity index (χ0) is 16.2. The Morgan fingerprint density at radius 2 is 2.00 bits per heavy atom. The van der Waals surface area contributed by atoms with E-state index in [-0.39, 0.29) is 18.4 Å². The van der Waals surface area contributed by atoms with Crippen LogP contribution < -0.4 is 0 Å². The summed E-state index contributed by atoms with van der Waals surface area (Å²) in [5, 5.41) is 15.1. The number of amides is 1. The van der Waals surface area contributed by atoms with Gasteiger partial charge in [-0.1, -0.05) is 23.7 Å². The topological polar surface area (TPSA) is 71.2 Å². The Bertz CT molecular complexity index is 637. The molecule has 23 heavy (non-hydrogen) atoms. The molecule has 0 saturated carbocycles. The normalized spacial score (nSPS) is 17.2. The molecule has 1 aromatic carbocycles. The van der Waals surface area contributed by atoms with Crippen molar-refractivity contribution in [1.82, 2.24) is 19.7 Å². The molecule has 1 N–H and O–H groups in total. The molecule has 1 amide bonds. The van der Waals surface area contributed by atoms with Crippen molar-refractivity contribution in [1.29, 1.82) is 0 Å². The second kappa shape index (κ2) is 7.10. The Morgan fingerprint density at radius 3 is 2.61 bits per heavy atom. The first kappa shape index (κ1) is 16.0. The minimum Gasteiger partial charge on any atom is -0.388 e. The number of aromatic nitrogens is 3. The van der Waals surface area contributed by atoms with Crippen molar-refractivity contribution in [3.63, 3.8) is 0 Å². The van der Waals surface area contributed by atoms with Gasteiger partial charge in [-0.3, -0.25) is 4.79 Å². The number of piperidine rings is 1. The summed E-state index contributed by atoms with van der Waals surface area (Å²) in [6.07, 6.45) is 4.01. The number of benzene rings is 1. The Morgan fingerprint density at radius 1 is 1.30 bits per heavy atom. The van der Waals surface area contributed by atoms with Gasteiger partial charge in [0.15, 0.2) is 0 Å². The molecule has 0 unspecified atom stereocenters. The first-order valence-electron chi connectivity index (χ1n) is 7.67. The maximum Gasteiger partial charge on any atom is 0.244 e. The van der Waals surface area contributed by atoms with Crippen molar-refractivity contribution in [2.75, 3.05) is 13.1 Å². The Kier molecular flexibility index (Phi) is 4.93. The summed E-state index contributed by atoms with van der Waals surface area (Å²) in [5.74, 6) is 0.196. The molecule has 1 saturated heterocycles. The van der Waals surface area contributed by atoms with Crippen LogP contribution in [0.1, 0.15) is 24.5 Å². The van der Waals surface area contributed by atoms with Gasteiger partial charge in [-0.15, -0.1) is 0 Å². The maximum atomic E-state index is 12.2. The average molecular weight is 335 g/mol. The van der Waals surface area contributed by atoms with E-state index in [0.29, 0.717) is 18.1 Å². The zero-order valence-corrected chi connectivity index (χ0v) is 13.4. The number of rotatable bonds is 4. The van der Waals surface area contributed by atoms with Crippen LogP contribution in [0.3, 0.4) is 0 Å². The highest BCUT2D eigenvalue weighted by Crippen LogP contribution is 2.31. The van der Waals surface area contributed by atoms with Gasteiger partial charge in [0.2, 0.25) is 5.91 Å². The van der Waals surface area contributed by atoms with Crippen LogP contribution in [0.25, 0.3) is 0 Å². The Balaban J connectivity index is 1.53. The van der Waals surface area contributed by atoms with Crippen molar-refractivity contribution in [2.45, 2.75) is 25.5 Å². The fourth-order valence-electron chi connectivity index (χ4n) is 2.95. The average Bonchev–Trinajstić information content (AvgIpc) is 3.08. The van der Waals surface area contributed by atoms with Crippen molar-refractivity contribution < 1.29 is 9.90 Å². The lowest BCUT2D eigenvalue weighted by molar-refractivity contribution is -0.134. The summed E-state index contributed by atoms with van der Waals surface area (Å²) < 4.78 is 1.52. The molecule has 1 atom stereocenters. The van der Waals surface area contributed by atoms with E-state index in [9.17, 15) is 9.90 Å². The molecule has 2 aromatic rings. The fourth-order valence-corrected chi connectivity index (χ4v) is 3.08. The van der Waals surface area contributed by atoms with Crippen molar-refractivity contribution in [3.05, 3.63) is 47.5 Å². The number of likely N-dealkylation sites (tertiary alicyclic amines) is 1. The third-order valence-electron chi connectivity index (χ3n) is 4.31. The summed E-state index contributed by atoms with van der Waals surface area (Å²) in [6, 6.07) is 7.29. The van der Waals surface area contributed by atoms with Crippen LogP contribution >= 0.6 is 11.6 Å². The van der Waals surface area contributed by atoms with E-state index in [1.54, 1.807) is 12.1 Å². The molecule has 0 radical (unpaired) electrons. The lowest BCUT2D eigenvalue weighted by Crippen LogP contribution is -2.41. The van der Waals surface area contributed by atoms with Crippen molar-refractivity contribution >= 4 is 17.5 Å². The quantitative estimate of drug-likeness (QED) is 0.927. The summed E-state index contributed by atoms with van der Waals surface area (Å²) in [4.78, 5) is 17.9. The van der Waals surface area contributed by atoms with Crippen LogP contribution in [-0.4, -0.2) is 43.8 Å². The van der Waals surface area contributed by atoms with Gasteiger partial charge in [0.1, 0.15) is 19.2 Å². The second-order valence-electron chi connectivity index (χ2n) is 5.81. The van der Waals surface area contributed by atoms with Gasteiger partial charge in [0.25, 0.3) is 0 Å². The van der Waals surface area contributed by atoms with Crippen LogP contribution in [-0.2, 0) is 11.3 Å². The highest BCUT2D eigenvalue weighted by Gasteiger charge is 2.28. The molecule has 2 heterocycles. The molecule has 0 bridgehead atoms. The smallest absolute Gasteiger partial charge is 0.244 e. The van der Waals surface area contributed by atoms with Gasteiger partial charge in [-0.25, -0.2) is 9.67 Å². The van der Waals surface area contributed by atoms with E-state index in [4.69, 9.17) is 11.6 Å². The summed E-state index contributed by atoms with van der Waals surface area (Å²) in [7, 11) is 0. The largest absolute Gasteiger partial charge is 0.388 e. The molecule has 0 aliphatic carbocycles. The van der Waals surface area contributed by atoms with Crippen LogP contribution in [0.5, 0.6) is 0 Å². The number of carbonyl (C=O) groups excluding carboxylic acids is 1. The predicted molar refractivity (Wildman–Crippen MR) is 85.7 cm³/mol. The first-order valence-corrected chi connectivity index (χ1v) is 8.05. The lowest BCUT2D eigenvalue weighted by atomic mass is 9.87. The van der Waals surface area contributed by atoms with E-state index in [2.05, 4.69) is 10.1 Å². The van der Waals surface area contributed by atoms with Crippen LogP contribution in [0.15, 0.2) is 36.9 Å². The van der Waals surface area contributed by atoms with Gasteiger partial charge in [0.05, 0.1) is 6.10 Å². The van der Waals surface area contributed by atoms with Gasteiger partial charge in [-0.05, 0) is 36.5 Å². The van der Waals surface area contributed by atoms with Gasteiger partial charge >= 0.3 is 0 Å². The molecule has 7 heteroatoms. The molecule has 122 valence electrons. The minimum absolute atomic E-state index is 0.0370. The second-order valence-corrected chi connectivity index (χ2v) is 6.24. The Labute approximate surface area is 139 Å². The molecular formula is C16H19ClN4O2. The van der Waals surface area contributed by atoms with Crippen molar-refractivity contribution in [3.8, 4) is 0 Å². The SMILES string of the molecule is O=C(Cn1cncn1)N1CCC([C@@H](O)c2ccc(Cl)cc2)CC1. The highest BCUT2D eigenvalue weighted by molar-refractivity contribution is 6.30. The van der Waals surface area contributed by atoms with E-state index >= 15 is 0 Å². The molecule has 3 rings (SSSR count). The van der Waals surface area contributed by atoms with Crippen LogP contribution in [0, 0.1) is 5.92 Å². The van der Waals surface area contributed by atoms with E-state index in [0.717, 1.165) is 18.4 Å². The lowest BCUT2D eigenvalue weighted by Gasteiger charge is -2.34. The molecule has 1 aliphatic heterocycles. The number of nitrogens with zero attached hydrogens (tertiary/aromatic N) is 4. The Hall–Kier alpha value is -1.92. The fraction of sp³-hybridized carbons (Fsp3) is 0.438. The molecule has 1 aromatic heterocycles. The van der Waals surface area contributed by atoms with Crippen LogP contribution in [0.4, 0.5) is 0 Å². The monoisotopic (exact) mass is 334 g/mol. The number of aliphatic hydroxyl groups excluding tert-OH is 1. The maximum absolute atomic E-state index is 12.2. The first-order chi connectivity index (χ1) is 11.1. The van der Waals surface area contributed by atoms with Gasteiger partial charge < -0.3 is 10.0 Å². The van der Waals surface area contributed by atoms with E-state index in [1.807, 2.05) is 17.0 Å². The van der Waals surface area contributed by atoms with Gasteiger partial charge in [0, 0.05) is 18.1 Å². The summed E-state index contributed by atoms with van der Waals surface area (Å²) in [6.45, 7) is 1.52. The summed E-state index contributed by atoms with van der Waals surface area (Å²) >= 11 is 5.88. The van der Waals surface area contributed by atoms with Gasteiger partial charge in [-0.2, -0.15) is 5.10 Å². The number of hydrogen-bond donors (Lipinski definition) is 1. The third kappa shape index (κ3) is 3.89. The number of aliphatic hydroxyl groups is 1. The standard InChI is InChI=1S/C16H19ClN4O2/c17-14-3-1-12(2-4-14)16(23)13-5-7-20(8-6-13)15(22)9-21-11-18-10-19-21/h1-4,10-11,13,16,23H,5-9H2/t16-/m0/s1. The zero-order valence-electron chi connectivity index (χ0n) is 12.7. The molecule has 6 nitrogen and oxygen atoms in total. The minimum atomic E-state index is -0.514. The van der Waals surface area contributed by atoms with E-state index in [1.165, 1.54) is 17.3 Å². The van der Waals surface area contributed by atoms with E-state index < -0.39 is 6.10 Å². The number of carbonyl (C=O) groups is 1. The molecule has 0 spiro atoms. The van der Waals surface area contributed by atoms with Crippen LogP contribution in [0.2, 0.25) is 5.02 Å². The molecule has 1 aliphatic rings. The third-order valence-corrected chi connectivity index (χ3v) is 4.57. The predicted octanol–water partition coefficient (Wildman–Crippen LogP) is 1.90. The summed E-state index contributed by atoms with van der Waals surface area (Å²) in [5.41, 5.74) is 0.877. The number of hydrogen-bond acceptors (Lipinski definition) is 4. The number of halogens is 1. The molecule has 1 fully saturated rings. The molecular weight excluding hydrogens is 316 g/mol.